The van der Waals surface area contributed by atoms with Crippen molar-refractivity contribution in [2.24, 2.45) is 0 Å². The first-order chi connectivity index (χ1) is 20.1. The minimum absolute atomic E-state index is 0.00802. The highest BCUT2D eigenvalue weighted by atomic mass is 16.5. The number of allylic oxidation sites excluding steroid dienone is 2. The third kappa shape index (κ3) is 33.1. The molecule has 1 atom stereocenters. The molecule has 0 spiro atoms. The number of hydrogen-bond donors (Lipinski definition) is 1. The van der Waals surface area contributed by atoms with E-state index in [0.29, 0.717) is 6.42 Å². The van der Waals surface area contributed by atoms with Gasteiger partial charge in [-0.1, -0.05) is 142 Å². The molecule has 0 aromatic heterocycles. The molecule has 0 bridgehead atoms. The van der Waals surface area contributed by atoms with E-state index < -0.39 is 5.97 Å². The molecule has 0 amide bonds. The summed E-state index contributed by atoms with van der Waals surface area (Å²) in [6.45, 7) is 4.53. The SMILES string of the molecule is CCCCCCCCCC/C=C\CCCCCC(CCCCCCCC(=O)O)OC(=O)CCCCCCCCCC. The summed E-state index contributed by atoms with van der Waals surface area (Å²) in [6, 6.07) is 0. The van der Waals surface area contributed by atoms with Crippen LogP contribution in [0.25, 0.3) is 0 Å². The predicted molar refractivity (Wildman–Crippen MR) is 177 cm³/mol. The summed E-state index contributed by atoms with van der Waals surface area (Å²) in [5.41, 5.74) is 0. The van der Waals surface area contributed by atoms with Gasteiger partial charge in [0, 0.05) is 12.8 Å². The molecule has 4 nitrogen and oxygen atoms in total. The molecule has 0 aromatic rings. The molecule has 0 radical (unpaired) electrons. The lowest BCUT2D eigenvalue weighted by atomic mass is 10.0. The van der Waals surface area contributed by atoms with Crippen molar-refractivity contribution in [1.82, 2.24) is 0 Å². The van der Waals surface area contributed by atoms with Crippen LogP contribution in [0.3, 0.4) is 0 Å². The lowest BCUT2D eigenvalue weighted by Crippen LogP contribution is -2.18. The highest BCUT2D eigenvalue weighted by Crippen LogP contribution is 2.18. The number of esters is 1. The lowest BCUT2D eigenvalue weighted by molar-refractivity contribution is -0.150. The zero-order chi connectivity index (χ0) is 30.1. The number of rotatable bonds is 33. The average molecular weight is 579 g/mol. The number of aliphatic carboxylic acids is 1. The van der Waals surface area contributed by atoms with Gasteiger partial charge in [0.05, 0.1) is 0 Å². The van der Waals surface area contributed by atoms with E-state index in [0.717, 1.165) is 70.6 Å². The Kier molecular flexibility index (Phi) is 32.1. The van der Waals surface area contributed by atoms with Gasteiger partial charge in [0.25, 0.3) is 0 Å². The molecular weight excluding hydrogens is 508 g/mol. The summed E-state index contributed by atoms with van der Waals surface area (Å²) in [5, 5.41) is 8.79. The average Bonchev–Trinajstić information content (AvgIpc) is 2.95. The molecule has 1 unspecified atom stereocenters. The van der Waals surface area contributed by atoms with Crippen LogP contribution in [-0.4, -0.2) is 23.1 Å². The van der Waals surface area contributed by atoms with Crippen LogP contribution in [-0.2, 0) is 14.3 Å². The van der Waals surface area contributed by atoms with Crippen LogP contribution in [0.2, 0.25) is 0 Å². The maximum atomic E-state index is 12.5. The first-order valence-corrected chi connectivity index (χ1v) is 18.2. The molecule has 242 valence electrons. The minimum Gasteiger partial charge on any atom is -0.481 e. The minimum atomic E-state index is -0.701. The zero-order valence-electron chi connectivity index (χ0n) is 27.6. The van der Waals surface area contributed by atoms with Crippen LogP contribution in [0.1, 0.15) is 206 Å². The molecule has 0 saturated carbocycles. The standard InChI is InChI=1S/C37H70O4/c1-3-5-7-9-11-13-14-15-16-17-18-19-20-23-27-31-35(32-28-24-22-25-29-33-36(38)39)41-37(40)34-30-26-21-12-10-8-6-4-2/h17-18,35H,3-16,19-34H2,1-2H3,(H,38,39)/b18-17-. The molecule has 0 saturated heterocycles. The van der Waals surface area contributed by atoms with Crippen molar-refractivity contribution in [3.63, 3.8) is 0 Å². The summed E-state index contributed by atoms with van der Waals surface area (Å²) >= 11 is 0. The molecule has 41 heavy (non-hydrogen) atoms. The molecule has 4 heteroatoms. The van der Waals surface area contributed by atoms with Gasteiger partial charge in [-0.2, -0.15) is 0 Å². The smallest absolute Gasteiger partial charge is 0.306 e. The highest BCUT2D eigenvalue weighted by molar-refractivity contribution is 5.69. The Morgan fingerprint density at radius 2 is 0.878 bits per heavy atom. The summed E-state index contributed by atoms with van der Waals surface area (Å²) in [6.07, 6.45) is 39.4. The van der Waals surface area contributed by atoms with E-state index in [9.17, 15) is 9.59 Å². The van der Waals surface area contributed by atoms with Crippen LogP contribution in [0.5, 0.6) is 0 Å². The number of carbonyl (C=O) groups excluding carboxylic acids is 1. The Balaban J connectivity index is 4.05. The summed E-state index contributed by atoms with van der Waals surface area (Å²) in [5.74, 6) is -0.709. The van der Waals surface area contributed by atoms with Gasteiger partial charge in [-0.15, -0.1) is 0 Å². The van der Waals surface area contributed by atoms with E-state index in [4.69, 9.17) is 9.84 Å². The molecule has 1 N–H and O–H groups in total. The van der Waals surface area contributed by atoms with Crippen LogP contribution < -0.4 is 0 Å². The third-order valence-corrected chi connectivity index (χ3v) is 8.24. The fraction of sp³-hybridized carbons (Fsp3) is 0.892. The van der Waals surface area contributed by atoms with Crippen molar-refractivity contribution in [3.05, 3.63) is 12.2 Å². The third-order valence-electron chi connectivity index (χ3n) is 8.24. The number of hydrogen-bond acceptors (Lipinski definition) is 3. The Hall–Kier alpha value is -1.32. The van der Waals surface area contributed by atoms with Crippen molar-refractivity contribution in [2.45, 2.75) is 213 Å². The van der Waals surface area contributed by atoms with Gasteiger partial charge in [-0.05, 0) is 64.2 Å². The zero-order valence-corrected chi connectivity index (χ0v) is 27.6. The molecule has 0 rings (SSSR count). The van der Waals surface area contributed by atoms with E-state index >= 15 is 0 Å². The summed E-state index contributed by atoms with van der Waals surface area (Å²) in [7, 11) is 0. The molecule has 0 aliphatic carbocycles. The normalized spacial score (nSPS) is 12.2. The van der Waals surface area contributed by atoms with Crippen molar-refractivity contribution in [1.29, 1.82) is 0 Å². The quantitative estimate of drug-likeness (QED) is 0.0478. The molecule has 0 aromatic carbocycles. The monoisotopic (exact) mass is 579 g/mol. The van der Waals surface area contributed by atoms with E-state index in [1.54, 1.807) is 0 Å². The van der Waals surface area contributed by atoms with Gasteiger partial charge in [0.1, 0.15) is 6.10 Å². The maximum Gasteiger partial charge on any atom is 0.306 e. The summed E-state index contributed by atoms with van der Waals surface area (Å²) in [4.78, 5) is 23.2. The van der Waals surface area contributed by atoms with E-state index in [-0.39, 0.29) is 18.5 Å². The van der Waals surface area contributed by atoms with Crippen LogP contribution >= 0.6 is 0 Å². The van der Waals surface area contributed by atoms with Gasteiger partial charge in [-0.25, -0.2) is 0 Å². The number of carbonyl (C=O) groups is 2. The van der Waals surface area contributed by atoms with Gasteiger partial charge >= 0.3 is 11.9 Å². The molecule has 0 aliphatic rings. The van der Waals surface area contributed by atoms with Crippen molar-refractivity contribution in [3.8, 4) is 0 Å². The van der Waals surface area contributed by atoms with Crippen molar-refractivity contribution in [2.75, 3.05) is 0 Å². The second kappa shape index (κ2) is 33.2. The molecule has 0 aliphatic heterocycles. The fourth-order valence-electron chi connectivity index (χ4n) is 5.53. The lowest BCUT2D eigenvalue weighted by Gasteiger charge is -2.18. The van der Waals surface area contributed by atoms with Gasteiger partial charge in [-0.3, -0.25) is 9.59 Å². The number of ether oxygens (including phenoxy) is 1. The van der Waals surface area contributed by atoms with Gasteiger partial charge in [0.15, 0.2) is 0 Å². The Labute approximate surface area is 255 Å². The van der Waals surface area contributed by atoms with E-state index in [1.165, 1.54) is 109 Å². The highest BCUT2D eigenvalue weighted by Gasteiger charge is 2.14. The van der Waals surface area contributed by atoms with Gasteiger partial charge in [0.2, 0.25) is 0 Å². The van der Waals surface area contributed by atoms with E-state index in [1.807, 2.05) is 0 Å². The van der Waals surface area contributed by atoms with Crippen LogP contribution in [0.15, 0.2) is 12.2 Å². The van der Waals surface area contributed by atoms with Crippen LogP contribution in [0, 0.1) is 0 Å². The number of unbranched alkanes of at least 4 members (excludes halogenated alkanes) is 22. The molecular formula is C37H70O4. The maximum absolute atomic E-state index is 12.5. The number of carboxylic acids is 1. The van der Waals surface area contributed by atoms with Crippen molar-refractivity contribution >= 4 is 11.9 Å². The van der Waals surface area contributed by atoms with E-state index in [2.05, 4.69) is 26.0 Å². The number of carboxylic acid groups (broad SMARTS) is 1. The molecule has 0 fully saturated rings. The fourth-order valence-corrected chi connectivity index (χ4v) is 5.53. The second-order valence-corrected chi connectivity index (χ2v) is 12.4. The first kappa shape index (κ1) is 39.7. The van der Waals surface area contributed by atoms with Crippen molar-refractivity contribution < 1.29 is 19.4 Å². The summed E-state index contributed by atoms with van der Waals surface area (Å²) < 4.78 is 5.96. The van der Waals surface area contributed by atoms with Gasteiger partial charge < -0.3 is 9.84 Å². The van der Waals surface area contributed by atoms with Crippen LogP contribution in [0.4, 0.5) is 0 Å². The Bertz CT molecular complexity index is 585. The second-order valence-electron chi connectivity index (χ2n) is 12.4. The Morgan fingerprint density at radius 3 is 1.34 bits per heavy atom. The molecule has 0 heterocycles. The first-order valence-electron chi connectivity index (χ1n) is 18.2. The predicted octanol–water partition coefficient (Wildman–Crippen LogP) is 12.3. The topological polar surface area (TPSA) is 63.6 Å². The largest absolute Gasteiger partial charge is 0.481 e. The Morgan fingerprint density at radius 1 is 0.512 bits per heavy atom.